The molecule has 3 unspecified atom stereocenters. The van der Waals surface area contributed by atoms with Gasteiger partial charge in [-0.05, 0) is 68.7 Å². The molecule has 2 fully saturated rings. The smallest absolute Gasteiger partial charge is 0.155 e. The fourth-order valence-corrected chi connectivity index (χ4v) is 6.25. The molecule has 2 aliphatic heterocycles. The van der Waals surface area contributed by atoms with Gasteiger partial charge in [0, 0.05) is 23.7 Å². The Morgan fingerprint density at radius 2 is 1.68 bits per heavy atom. The van der Waals surface area contributed by atoms with E-state index in [0.717, 1.165) is 38.6 Å². The maximum absolute atomic E-state index is 14.0. The molecule has 0 amide bonds. The number of anilines is 1. The van der Waals surface area contributed by atoms with E-state index in [0.29, 0.717) is 11.8 Å². The first-order chi connectivity index (χ1) is 15.3. The number of benzene rings is 2. The Morgan fingerprint density at radius 3 is 2.52 bits per heavy atom. The number of ketones is 1. The summed E-state index contributed by atoms with van der Waals surface area (Å²) in [4.78, 5) is 16.6. The van der Waals surface area contributed by atoms with Crippen molar-refractivity contribution in [1.29, 1.82) is 0 Å². The van der Waals surface area contributed by atoms with E-state index in [1.165, 1.54) is 48.9 Å². The number of aryl methyl sites for hydroxylation is 1. The Kier molecular flexibility index (Phi) is 6.40. The van der Waals surface area contributed by atoms with E-state index in [1.807, 2.05) is 0 Å². The van der Waals surface area contributed by atoms with Crippen LogP contribution in [0.15, 0.2) is 54.6 Å². The molecule has 3 nitrogen and oxygen atoms in total. The quantitative estimate of drug-likeness (QED) is 0.661. The Balaban J connectivity index is 1.41. The summed E-state index contributed by atoms with van der Waals surface area (Å²) in [5.41, 5.74) is 4.02. The highest BCUT2D eigenvalue weighted by atomic mass is 16.1. The van der Waals surface area contributed by atoms with Gasteiger partial charge in [0.25, 0.3) is 0 Å². The van der Waals surface area contributed by atoms with Gasteiger partial charge in [-0.25, -0.2) is 0 Å². The molecule has 31 heavy (non-hydrogen) atoms. The molecule has 0 spiro atoms. The first kappa shape index (κ1) is 20.8. The lowest BCUT2D eigenvalue weighted by atomic mass is 9.79. The van der Waals surface area contributed by atoms with Crippen LogP contribution in [0.5, 0.6) is 0 Å². The number of likely N-dealkylation sites (tertiary alicyclic amines) is 1. The lowest BCUT2D eigenvalue weighted by molar-refractivity contribution is -0.130. The van der Waals surface area contributed by atoms with Crippen LogP contribution in [-0.2, 0) is 17.6 Å². The molecular formula is C28H36N2O. The van der Waals surface area contributed by atoms with Crippen molar-refractivity contribution in [2.24, 2.45) is 5.92 Å². The fraction of sp³-hybridized carbons (Fsp3) is 0.536. The minimum Gasteiger partial charge on any atom is -0.380 e. The van der Waals surface area contributed by atoms with E-state index in [1.54, 1.807) is 0 Å². The number of Topliss-reactive ketones (excluding diaryl/α,β-unsaturated/α-hetero) is 1. The Bertz CT molecular complexity index is 874. The molecular weight excluding hydrogens is 380 g/mol. The standard InChI is InChI=1S/C28H36N2O/c31-28(23-13-5-2-6-14-23)27(26-18-17-22-12-7-8-16-25(22)29-26)30-19-9-15-24(30)20-21-10-3-1-4-11-21/h1,3-4,7-8,10-12,16,23-24,26-27,29H,2,5-6,9,13-15,17-20H2. The second kappa shape index (κ2) is 9.56. The van der Waals surface area contributed by atoms with E-state index < -0.39 is 0 Å². The Morgan fingerprint density at radius 1 is 0.903 bits per heavy atom. The molecule has 3 heteroatoms. The molecule has 3 atom stereocenters. The summed E-state index contributed by atoms with van der Waals surface area (Å²) in [5, 5.41) is 3.82. The van der Waals surface area contributed by atoms with Crippen LogP contribution < -0.4 is 5.32 Å². The average molecular weight is 417 g/mol. The number of para-hydroxylation sites is 1. The topological polar surface area (TPSA) is 32.3 Å². The second-order valence-electron chi connectivity index (χ2n) is 9.85. The van der Waals surface area contributed by atoms with Crippen LogP contribution in [0, 0.1) is 5.92 Å². The fourth-order valence-electron chi connectivity index (χ4n) is 6.25. The predicted molar refractivity (Wildman–Crippen MR) is 127 cm³/mol. The number of nitrogens with zero attached hydrogens (tertiary/aromatic N) is 1. The molecule has 5 rings (SSSR count). The van der Waals surface area contributed by atoms with Crippen molar-refractivity contribution >= 4 is 11.5 Å². The van der Waals surface area contributed by atoms with E-state index in [-0.39, 0.29) is 18.0 Å². The van der Waals surface area contributed by atoms with E-state index in [9.17, 15) is 4.79 Å². The van der Waals surface area contributed by atoms with Crippen molar-refractivity contribution in [2.75, 3.05) is 11.9 Å². The molecule has 1 N–H and O–H groups in total. The Hall–Kier alpha value is -2.13. The van der Waals surface area contributed by atoms with Gasteiger partial charge in [0.1, 0.15) is 0 Å². The first-order valence-corrected chi connectivity index (χ1v) is 12.5. The highest BCUT2D eigenvalue weighted by Gasteiger charge is 2.42. The third-order valence-corrected chi connectivity index (χ3v) is 7.86. The highest BCUT2D eigenvalue weighted by Crippen LogP contribution is 2.35. The van der Waals surface area contributed by atoms with Crippen LogP contribution in [0.2, 0.25) is 0 Å². The predicted octanol–water partition coefficient (Wildman–Crippen LogP) is 5.64. The molecule has 1 saturated carbocycles. The number of nitrogens with one attached hydrogen (secondary N) is 1. The van der Waals surface area contributed by atoms with Crippen molar-refractivity contribution in [1.82, 2.24) is 4.90 Å². The minimum atomic E-state index is 0.00710. The lowest BCUT2D eigenvalue weighted by Gasteiger charge is -2.42. The monoisotopic (exact) mass is 416 g/mol. The summed E-state index contributed by atoms with van der Waals surface area (Å²) in [6, 6.07) is 20.2. The van der Waals surface area contributed by atoms with E-state index in [2.05, 4.69) is 64.8 Å². The molecule has 164 valence electrons. The Labute approximate surface area is 187 Å². The van der Waals surface area contributed by atoms with Crippen LogP contribution in [0.1, 0.15) is 62.5 Å². The van der Waals surface area contributed by atoms with Gasteiger partial charge in [-0.3, -0.25) is 9.69 Å². The van der Waals surface area contributed by atoms with Crippen LogP contribution in [-0.4, -0.2) is 35.4 Å². The average Bonchev–Trinajstić information content (AvgIpc) is 3.28. The largest absolute Gasteiger partial charge is 0.380 e. The van der Waals surface area contributed by atoms with Crippen molar-refractivity contribution in [2.45, 2.75) is 82.3 Å². The summed E-state index contributed by atoms with van der Waals surface area (Å²) in [7, 11) is 0. The summed E-state index contributed by atoms with van der Waals surface area (Å²) in [6.45, 7) is 1.06. The summed E-state index contributed by atoms with van der Waals surface area (Å²) >= 11 is 0. The van der Waals surface area contributed by atoms with Gasteiger partial charge in [-0.15, -0.1) is 0 Å². The maximum atomic E-state index is 14.0. The summed E-state index contributed by atoms with van der Waals surface area (Å²) in [6.07, 6.45) is 11.5. The van der Waals surface area contributed by atoms with Gasteiger partial charge in [-0.1, -0.05) is 67.8 Å². The van der Waals surface area contributed by atoms with Crippen LogP contribution in [0.4, 0.5) is 5.69 Å². The van der Waals surface area contributed by atoms with E-state index in [4.69, 9.17) is 0 Å². The second-order valence-corrected chi connectivity index (χ2v) is 9.85. The zero-order valence-corrected chi connectivity index (χ0v) is 18.6. The van der Waals surface area contributed by atoms with Crippen LogP contribution in [0.25, 0.3) is 0 Å². The molecule has 1 aliphatic carbocycles. The first-order valence-electron chi connectivity index (χ1n) is 12.5. The minimum absolute atomic E-state index is 0.00710. The third-order valence-electron chi connectivity index (χ3n) is 7.86. The molecule has 2 heterocycles. The van der Waals surface area contributed by atoms with Gasteiger partial charge in [0.15, 0.2) is 5.78 Å². The number of carbonyl (C=O) groups is 1. The van der Waals surface area contributed by atoms with Crippen LogP contribution >= 0.6 is 0 Å². The summed E-state index contributed by atoms with van der Waals surface area (Å²) < 4.78 is 0. The van der Waals surface area contributed by atoms with Crippen LogP contribution in [0.3, 0.4) is 0 Å². The number of carbonyl (C=O) groups excluding carboxylic acids is 1. The molecule has 0 radical (unpaired) electrons. The third kappa shape index (κ3) is 4.57. The van der Waals surface area contributed by atoms with Gasteiger partial charge in [0.05, 0.1) is 6.04 Å². The summed E-state index contributed by atoms with van der Waals surface area (Å²) in [5.74, 6) is 0.784. The van der Waals surface area contributed by atoms with Gasteiger partial charge >= 0.3 is 0 Å². The zero-order valence-electron chi connectivity index (χ0n) is 18.6. The zero-order chi connectivity index (χ0) is 21.0. The number of rotatable bonds is 6. The van der Waals surface area contributed by atoms with Gasteiger partial charge < -0.3 is 5.32 Å². The number of hydrogen-bond acceptors (Lipinski definition) is 3. The number of hydrogen-bond donors (Lipinski definition) is 1. The lowest BCUT2D eigenvalue weighted by Crippen LogP contribution is -2.56. The van der Waals surface area contributed by atoms with Gasteiger partial charge in [-0.2, -0.15) is 0 Å². The SMILES string of the molecule is O=C(C1CCCCC1)C(C1CCc2ccccc2N1)N1CCCC1Cc1ccccc1. The number of fused-ring (bicyclic) bond motifs is 1. The molecule has 1 saturated heterocycles. The molecule has 0 bridgehead atoms. The maximum Gasteiger partial charge on any atom is 0.155 e. The highest BCUT2D eigenvalue weighted by molar-refractivity contribution is 5.88. The van der Waals surface area contributed by atoms with Gasteiger partial charge in [0.2, 0.25) is 0 Å². The molecule has 2 aromatic carbocycles. The van der Waals surface area contributed by atoms with Crippen molar-refractivity contribution in [3.05, 3.63) is 65.7 Å². The van der Waals surface area contributed by atoms with Crippen molar-refractivity contribution < 1.29 is 4.79 Å². The van der Waals surface area contributed by atoms with Crippen molar-refractivity contribution in [3.63, 3.8) is 0 Å². The van der Waals surface area contributed by atoms with E-state index >= 15 is 0 Å². The van der Waals surface area contributed by atoms with Crippen molar-refractivity contribution in [3.8, 4) is 0 Å². The molecule has 3 aliphatic rings. The molecule has 0 aromatic heterocycles. The normalized spacial score (nSPS) is 25.5. The molecule has 2 aromatic rings.